The minimum atomic E-state index is 0.184. The molecule has 12 heavy (non-hydrogen) atoms. The highest BCUT2D eigenvalue weighted by molar-refractivity contribution is 6.32. The second-order valence-corrected chi connectivity index (χ2v) is 2.65. The number of ether oxygens (including phenoxy) is 2. The molecule has 0 heterocycles. The summed E-state index contributed by atoms with van der Waals surface area (Å²) in [5, 5.41) is 0.493. The Labute approximate surface area is 76.0 Å². The predicted octanol–water partition coefficient (Wildman–Crippen LogP) is 1.90. The third-order valence-electron chi connectivity index (χ3n) is 1.29. The van der Waals surface area contributed by atoms with Gasteiger partial charge in [-0.25, -0.2) is 0 Å². The molecule has 0 radical (unpaired) electrons. The van der Waals surface area contributed by atoms with Crippen LogP contribution in [0.3, 0.4) is 0 Å². The van der Waals surface area contributed by atoms with Gasteiger partial charge in [0.25, 0.3) is 0 Å². The second-order valence-electron chi connectivity index (χ2n) is 2.24. The van der Waals surface area contributed by atoms with E-state index in [2.05, 4.69) is 0 Å². The zero-order valence-electron chi connectivity index (χ0n) is 6.71. The van der Waals surface area contributed by atoms with Crippen LogP contribution in [0.4, 0.5) is 5.69 Å². The van der Waals surface area contributed by atoms with Gasteiger partial charge in [0.05, 0.1) is 5.02 Å². The van der Waals surface area contributed by atoms with Crippen LogP contribution in [0.15, 0.2) is 18.2 Å². The van der Waals surface area contributed by atoms with Gasteiger partial charge in [-0.1, -0.05) is 11.6 Å². The number of anilines is 1. The zero-order chi connectivity index (χ0) is 8.97. The van der Waals surface area contributed by atoms with Gasteiger partial charge in [-0.3, -0.25) is 0 Å². The van der Waals surface area contributed by atoms with E-state index in [1.54, 1.807) is 25.3 Å². The molecule has 0 aliphatic rings. The summed E-state index contributed by atoms with van der Waals surface area (Å²) in [5.74, 6) is 0.577. The van der Waals surface area contributed by atoms with E-state index in [9.17, 15) is 0 Å². The van der Waals surface area contributed by atoms with E-state index in [-0.39, 0.29) is 6.79 Å². The SMILES string of the molecule is COCOc1ccc(N)cc1Cl. The van der Waals surface area contributed by atoms with Crippen molar-refractivity contribution in [2.45, 2.75) is 0 Å². The molecule has 4 heteroatoms. The van der Waals surface area contributed by atoms with Crippen LogP contribution >= 0.6 is 11.6 Å². The van der Waals surface area contributed by atoms with Gasteiger partial charge < -0.3 is 15.2 Å². The third kappa shape index (κ3) is 2.29. The number of nitrogen functional groups attached to an aromatic ring is 1. The van der Waals surface area contributed by atoms with E-state index in [1.165, 1.54) is 0 Å². The molecule has 0 unspecified atom stereocenters. The molecule has 1 aromatic carbocycles. The van der Waals surface area contributed by atoms with E-state index in [1.807, 2.05) is 0 Å². The summed E-state index contributed by atoms with van der Waals surface area (Å²) in [5.41, 5.74) is 6.10. The van der Waals surface area contributed by atoms with Crippen LogP contribution in [0.2, 0.25) is 5.02 Å². The number of hydrogen-bond acceptors (Lipinski definition) is 3. The minimum Gasteiger partial charge on any atom is -0.466 e. The number of halogens is 1. The molecule has 0 spiro atoms. The second kappa shape index (κ2) is 4.18. The molecule has 66 valence electrons. The first-order chi connectivity index (χ1) is 5.74. The van der Waals surface area contributed by atoms with E-state index >= 15 is 0 Å². The quantitative estimate of drug-likeness (QED) is 0.581. The fourth-order valence-corrected chi connectivity index (χ4v) is 1.00. The Kier molecular flexibility index (Phi) is 3.19. The average Bonchev–Trinajstić information content (AvgIpc) is 2.03. The van der Waals surface area contributed by atoms with Crippen LogP contribution in [-0.4, -0.2) is 13.9 Å². The lowest BCUT2D eigenvalue weighted by molar-refractivity contribution is 0.0512. The van der Waals surface area contributed by atoms with Crippen molar-refractivity contribution in [3.8, 4) is 5.75 Å². The van der Waals surface area contributed by atoms with Gasteiger partial charge in [0.15, 0.2) is 6.79 Å². The van der Waals surface area contributed by atoms with Crippen molar-refractivity contribution < 1.29 is 9.47 Å². The Balaban J connectivity index is 2.72. The lowest BCUT2D eigenvalue weighted by Gasteiger charge is -2.06. The Morgan fingerprint density at radius 1 is 1.50 bits per heavy atom. The van der Waals surface area contributed by atoms with Crippen molar-refractivity contribution in [1.29, 1.82) is 0 Å². The lowest BCUT2D eigenvalue weighted by atomic mass is 10.3. The molecule has 0 fully saturated rings. The van der Waals surface area contributed by atoms with Crippen LogP contribution in [0.1, 0.15) is 0 Å². The number of hydrogen-bond donors (Lipinski definition) is 1. The average molecular weight is 188 g/mol. The highest BCUT2D eigenvalue weighted by Gasteiger charge is 2.00. The van der Waals surface area contributed by atoms with Crippen LogP contribution in [0.5, 0.6) is 5.75 Å². The molecule has 2 N–H and O–H groups in total. The summed E-state index contributed by atoms with van der Waals surface area (Å²) in [6.07, 6.45) is 0. The van der Waals surface area contributed by atoms with E-state index in [4.69, 9.17) is 26.8 Å². The van der Waals surface area contributed by atoms with Gasteiger partial charge in [0.2, 0.25) is 0 Å². The van der Waals surface area contributed by atoms with Crippen molar-refractivity contribution >= 4 is 17.3 Å². The normalized spacial score (nSPS) is 9.83. The Morgan fingerprint density at radius 2 is 2.25 bits per heavy atom. The molecule has 3 nitrogen and oxygen atoms in total. The maximum absolute atomic E-state index is 5.80. The monoisotopic (exact) mass is 187 g/mol. The van der Waals surface area contributed by atoms with Gasteiger partial charge >= 0.3 is 0 Å². The van der Waals surface area contributed by atoms with Crippen molar-refractivity contribution in [2.75, 3.05) is 19.6 Å². The largest absolute Gasteiger partial charge is 0.466 e. The van der Waals surface area contributed by atoms with Crippen LogP contribution in [0.25, 0.3) is 0 Å². The Hall–Kier alpha value is -0.930. The van der Waals surface area contributed by atoms with E-state index in [0.717, 1.165) is 0 Å². The molecular weight excluding hydrogens is 178 g/mol. The summed E-state index contributed by atoms with van der Waals surface area (Å²) >= 11 is 5.80. The molecule has 0 aromatic heterocycles. The first kappa shape index (κ1) is 9.16. The lowest BCUT2D eigenvalue weighted by Crippen LogP contribution is -1.99. The summed E-state index contributed by atoms with van der Waals surface area (Å²) < 4.78 is 9.85. The van der Waals surface area contributed by atoms with E-state index in [0.29, 0.717) is 16.5 Å². The molecule has 0 aliphatic heterocycles. The molecule has 1 aromatic rings. The fourth-order valence-electron chi connectivity index (χ4n) is 0.757. The third-order valence-corrected chi connectivity index (χ3v) is 1.58. The first-order valence-electron chi connectivity index (χ1n) is 3.41. The van der Waals surface area contributed by atoms with Gasteiger partial charge in [-0.15, -0.1) is 0 Å². The van der Waals surface area contributed by atoms with Crippen molar-refractivity contribution in [1.82, 2.24) is 0 Å². The highest BCUT2D eigenvalue weighted by Crippen LogP contribution is 2.26. The number of methoxy groups -OCH3 is 1. The van der Waals surface area contributed by atoms with Crippen LogP contribution < -0.4 is 10.5 Å². The van der Waals surface area contributed by atoms with E-state index < -0.39 is 0 Å². The van der Waals surface area contributed by atoms with Gasteiger partial charge in [-0.2, -0.15) is 0 Å². The van der Waals surface area contributed by atoms with Crippen LogP contribution in [0, 0.1) is 0 Å². The predicted molar refractivity (Wildman–Crippen MR) is 48.4 cm³/mol. The van der Waals surface area contributed by atoms with Crippen LogP contribution in [-0.2, 0) is 4.74 Å². The number of benzene rings is 1. The Morgan fingerprint density at radius 3 is 2.83 bits per heavy atom. The van der Waals surface area contributed by atoms with Crippen molar-refractivity contribution in [3.05, 3.63) is 23.2 Å². The molecule has 0 saturated heterocycles. The Bertz CT molecular complexity index is 265. The first-order valence-corrected chi connectivity index (χ1v) is 3.78. The topological polar surface area (TPSA) is 44.5 Å². The smallest absolute Gasteiger partial charge is 0.188 e. The van der Waals surface area contributed by atoms with Gasteiger partial charge in [-0.05, 0) is 18.2 Å². The summed E-state index contributed by atoms with van der Waals surface area (Å²) in [6, 6.07) is 5.06. The van der Waals surface area contributed by atoms with Gasteiger partial charge in [0.1, 0.15) is 5.75 Å². The maximum Gasteiger partial charge on any atom is 0.188 e. The molecular formula is C8H10ClNO2. The number of rotatable bonds is 3. The molecule has 0 saturated carbocycles. The highest BCUT2D eigenvalue weighted by atomic mass is 35.5. The zero-order valence-corrected chi connectivity index (χ0v) is 7.47. The standard InChI is InChI=1S/C8H10ClNO2/c1-11-5-12-8-3-2-6(10)4-7(8)9/h2-4H,5,10H2,1H3. The molecule has 0 amide bonds. The molecule has 0 aliphatic carbocycles. The summed E-state index contributed by atoms with van der Waals surface area (Å²) in [7, 11) is 1.55. The summed E-state index contributed by atoms with van der Waals surface area (Å²) in [6.45, 7) is 0.184. The van der Waals surface area contributed by atoms with Crippen molar-refractivity contribution in [3.63, 3.8) is 0 Å². The van der Waals surface area contributed by atoms with Gasteiger partial charge in [0, 0.05) is 12.8 Å². The minimum absolute atomic E-state index is 0.184. The summed E-state index contributed by atoms with van der Waals surface area (Å²) in [4.78, 5) is 0. The molecule has 0 atom stereocenters. The number of nitrogens with two attached hydrogens (primary N) is 1. The van der Waals surface area contributed by atoms with Crippen molar-refractivity contribution in [2.24, 2.45) is 0 Å². The fraction of sp³-hybridized carbons (Fsp3) is 0.250. The maximum atomic E-state index is 5.80. The molecule has 1 rings (SSSR count). The molecule has 0 bridgehead atoms.